The fourth-order valence-corrected chi connectivity index (χ4v) is 2.36. The number of hydrogen-bond acceptors (Lipinski definition) is 3. The molecular weight excluding hydrogens is 250 g/mol. The Morgan fingerprint density at radius 1 is 1.25 bits per heavy atom. The molecule has 1 aromatic rings. The minimum Gasteiger partial charge on any atom is -0.357 e. The van der Waals surface area contributed by atoms with Crippen molar-refractivity contribution in [3.8, 4) is 0 Å². The molecule has 0 aliphatic carbocycles. The molecule has 2 heterocycles. The summed E-state index contributed by atoms with van der Waals surface area (Å²) in [7, 11) is 0. The minimum atomic E-state index is 0.679. The molecule has 20 heavy (non-hydrogen) atoms. The molecule has 0 atom stereocenters. The van der Waals surface area contributed by atoms with E-state index < -0.39 is 0 Å². The number of nitrogens with zero attached hydrogens (tertiary/aromatic N) is 3. The van der Waals surface area contributed by atoms with Gasteiger partial charge in [0, 0.05) is 32.4 Å². The van der Waals surface area contributed by atoms with E-state index in [1.807, 2.05) is 12.3 Å². The number of hydrogen-bond donors (Lipinski definition) is 2. The molecule has 0 aromatic carbocycles. The molecule has 1 fully saturated rings. The van der Waals surface area contributed by atoms with E-state index in [1.165, 1.54) is 18.4 Å². The summed E-state index contributed by atoms with van der Waals surface area (Å²) >= 11 is 0. The highest BCUT2D eigenvalue weighted by atomic mass is 15.2. The summed E-state index contributed by atoms with van der Waals surface area (Å²) < 4.78 is 0. The molecule has 0 bridgehead atoms. The monoisotopic (exact) mass is 275 g/mol. The van der Waals surface area contributed by atoms with Crippen molar-refractivity contribution < 1.29 is 0 Å². The lowest BCUT2D eigenvalue weighted by Crippen LogP contribution is -2.36. The SMILES string of the molecule is CCNC(=NCc1ccnc(N2CCCC2)c1)NCC. The van der Waals surface area contributed by atoms with Crippen LogP contribution in [0.2, 0.25) is 0 Å². The molecule has 110 valence electrons. The molecule has 2 N–H and O–H groups in total. The molecule has 1 aliphatic rings. The maximum absolute atomic E-state index is 4.59. The van der Waals surface area contributed by atoms with Crippen LogP contribution in [0.25, 0.3) is 0 Å². The Kier molecular flexibility index (Phi) is 5.65. The summed E-state index contributed by atoms with van der Waals surface area (Å²) in [6.07, 6.45) is 4.43. The zero-order chi connectivity index (χ0) is 14.2. The fourth-order valence-electron chi connectivity index (χ4n) is 2.36. The Morgan fingerprint density at radius 3 is 2.60 bits per heavy atom. The maximum atomic E-state index is 4.59. The molecule has 1 aromatic heterocycles. The Hall–Kier alpha value is -1.78. The van der Waals surface area contributed by atoms with Gasteiger partial charge in [-0.3, -0.25) is 0 Å². The smallest absolute Gasteiger partial charge is 0.191 e. The van der Waals surface area contributed by atoms with Gasteiger partial charge in [-0.05, 0) is 44.4 Å². The van der Waals surface area contributed by atoms with Crippen molar-refractivity contribution >= 4 is 11.8 Å². The number of nitrogens with one attached hydrogen (secondary N) is 2. The third-order valence-electron chi connectivity index (χ3n) is 3.35. The van der Waals surface area contributed by atoms with Gasteiger partial charge in [-0.15, -0.1) is 0 Å². The molecule has 5 nitrogen and oxygen atoms in total. The Balaban J connectivity index is 2.01. The van der Waals surface area contributed by atoms with Crippen LogP contribution in [0.5, 0.6) is 0 Å². The predicted molar refractivity (Wildman–Crippen MR) is 84.2 cm³/mol. The van der Waals surface area contributed by atoms with E-state index in [9.17, 15) is 0 Å². The van der Waals surface area contributed by atoms with E-state index in [1.54, 1.807) is 0 Å². The Morgan fingerprint density at radius 2 is 1.95 bits per heavy atom. The van der Waals surface area contributed by atoms with Crippen LogP contribution in [0.1, 0.15) is 32.3 Å². The number of pyridine rings is 1. The van der Waals surface area contributed by atoms with Gasteiger partial charge in [0.15, 0.2) is 5.96 Å². The number of aromatic nitrogens is 1. The van der Waals surface area contributed by atoms with Gasteiger partial charge in [0.2, 0.25) is 0 Å². The average molecular weight is 275 g/mol. The zero-order valence-electron chi connectivity index (χ0n) is 12.5. The summed E-state index contributed by atoms with van der Waals surface area (Å²) in [5.41, 5.74) is 1.20. The first-order valence-electron chi connectivity index (χ1n) is 7.55. The van der Waals surface area contributed by atoms with E-state index in [2.05, 4.69) is 45.4 Å². The first-order chi connectivity index (χ1) is 9.83. The molecule has 1 aliphatic heterocycles. The Bertz CT molecular complexity index is 430. The number of anilines is 1. The van der Waals surface area contributed by atoms with E-state index in [-0.39, 0.29) is 0 Å². The molecule has 0 amide bonds. The highest BCUT2D eigenvalue weighted by molar-refractivity contribution is 5.79. The molecule has 1 saturated heterocycles. The standard InChI is InChI=1S/C15H25N5/c1-3-16-15(17-4-2)19-12-13-7-8-18-14(11-13)20-9-5-6-10-20/h7-8,11H,3-6,9-10,12H2,1-2H3,(H2,16,17,19). The summed E-state index contributed by atoms with van der Waals surface area (Å²) in [5, 5.41) is 6.47. The second-order valence-electron chi connectivity index (χ2n) is 4.94. The van der Waals surface area contributed by atoms with Gasteiger partial charge in [-0.1, -0.05) is 0 Å². The van der Waals surface area contributed by atoms with Crippen LogP contribution in [0.3, 0.4) is 0 Å². The lowest BCUT2D eigenvalue weighted by molar-refractivity contribution is 0.838. The fraction of sp³-hybridized carbons (Fsp3) is 0.600. The van der Waals surface area contributed by atoms with Gasteiger partial charge in [0.25, 0.3) is 0 Å². The van der Waals surface area contributed by atoms with Crippen LogP contribution >= 0.6 is 0 Å². The average Bonchev–Trinajstić information content (AvgIpc) is 3.00. The number of guanidine groups is 1. The van der Waals surface area contributed by atoms with Gasteiger partial charge in [-0.25, -0.2) is 9.98 Å². The molecule has 0 spiro atoms. The first-order valence-corrected chi connectivity index (χ1v) is 7.55. The second kappa shape index (κ2) is 7.72. The molecule has 0 radical (unpaired) electrons. The van der Waals surface area contributed by atoms with Crippen LogP contribution < -0.4 is 15.5 Å². The third kappa shape index (κ3) is 4.11. The van der Waals surface area contributed by atoms with Gasteiger partial charge >= 0.3 is 0 Å². The van der Waals surface area contributed by atoms with Crippen molar-refractivity contribution in [3.05, 3.63) is 23.9 Å². The molecule has 0 unspecified atom stereocenters. The number of rotatable bonds is 5. The highest BCUT2D eigenvalue weighted by Crippen LogP contribution is 2.18. The third-order valence-corrected chi connectivity index (χ3v) is 3.35. The lowest BCUT2D eigenvalue weighted by Gasteiger charge is -2.16. The molecular formula is C15H25N5. The van der Waals surface area contributed by atoms with Gasteiger partial charge in [0.05, 0.1) is 6.54 Å². The molecule has 0 saturated carbocycles. The minimum absolute atomic E-state index is 0.679. The topological polar surface area (TPSA) is 52.6 Å². The van der Waals surface area contributed by atoms with Crippen molar-refractivity contribution in [2.45, 2.75) is 33.2 Å². The van der Waals surface area contributed by atoms with Crippen LogP contribution in [0.15, 0.2) is 23.3 Å². The second-order valence-corrected chi connectivity index (χ2v) is 4.94. The summed E-state index contributed by atoms with van der Waals surface area (Å²) in [4.78, 5) is 11.4. The summed E-state index contributed by atoms with van der Waals surface area (Å²) in [6, 6.07) is 4.20. The van der Waals surface area contributed by atoms with E-state index >= 15 is 0 Å². The highest BCUT2D eigenvalue weighted by Gasteiger charge is 2.13. The largest absolute Gasteiger partial charge is 0.357 e. The van der Waals surface area contributed by atoms with E-state index in [0.717, 1.165) is 38.0 Å². The van der Waals surface area contributed by atoms with Crippen LogP contribution in [-0.2, 0) is 6.54 Å². The van der Waals surface area contributed by atoms with E-state index in [0.29, 0.717) is 6.54 Å². The summed E-state index contributed by atoms with van der Waals surface area (Å²) in [5.74, 6) is 1.96. The zero-order valence-corrected chi connectivity index (χ0v) is 12.5. The van der Waals surface area contributed by atoms with Crippen molar-refractivity contribution in [1.29, 1.82) is 0 Å². The predicted octanol–water partition coefficient (Wildman–Crippen LogP) is 1.76. The van der Waals surface area contributed by atoms with Crippen LogP contribution in [0.4, 0.5) is 5.82 Å². The Labute approximate surface area is 121 Å². The van der Waals surface area contributed by atoms with Crippen LogP contribution in [-0.4, -0.2) is 37.1 Å². The number of aliphatic imine (C=N–C) groups is 1. The van der Waals surface area contributed by atoms with Crippen LogP contribution in [0, 0.1) is 0 Å². The normalized spacial score (nSPS) is 14.2. The van der Waals surface area contributed by atoms with E-state index in [4.69, 9.17) is 0 Å². The first kappa shape index (κ1) is 14.6. The molecule has 2 rings (SSSR count). The quantitative estimate of drug-likeness (QED) is 0.635. The maximum Gasteiger partial charge on any atom is 0.191 e. The molecule has 5 heteroatoms. The van der Waals surface area contributed by atoms with Gasteiger partial charge in [0.1, 0.15) is 5.82 Å². The van der Waals surface area contributed by atoms with Crippen molar-refractivity contribution in [1.82, 2.24) is 15.6 Å². The summed E-state index contributed by atoms with van der Waals surface area (Å²) in [6.45, 7) is 8.83. The van der Waals surface area contributed by atoms with Gasteiger partial charge < -0.3 is 15.5 Å². The van der Waals surface area contributed by atoms with Crippen molar-refractivity contribution in [2.75, 3.05) is 31.1 Å². The lowest BCUT2D eigenvalue weighted by atomic mass is 10.2. The van der Waals surface area contributed by atoms with Gasteiger partial charge in [-0.2, -0.15) is 0 Å². The van der Waals surface area contributed by atoms with Crippen molar-refractivity contribution in [2.24, 2.45) is 4.99 Å². The van der Waals surface area contributed by atoms with Crippen molar-refractivity contribution in [3.63, 3.8) is 0 Å².